The molecule has 2 saturated heterocycles. The van der Waals surface area contributed by atoms with Crippen molar-refractivity contribution in [2.45, 2.75) is 25.6 Å². The Balaban J connectivity index is 1.69. The number of carbonyl (C=O) groups is 1. The molecule has 2 aliphatic heterocycles. The number of piperidine rings is 1. The van der Waals surface area contributed by atoms with Crippen molar-refractivity contribution in [3.8, 4) is 0 Å². The van der Waals surface area contributed by atoms with E-state index in [4.69, 9.17) is 9.47 Å². The van der Waals surface area contributed by atoms with Gasteiger partial charge in [-0.15, -0.1) is 0 Å². The lowest BCUT2D eigenvalue weighted by Crippen LogP contribution is -2.47. The molecule has 0 atom stereocenters. The third-order valence-electron chi connectivity index (χ3n) is 4.04. The summed E-state index contributed by atoms with van der Waals surface area (Å²) in [5.74, 6) is -0.839. The number of benzene rings is 1. The number of hydrogen-bond acceptors (Lipinski definition) is 3. The van der Waals surface area contributed by atoms with Crippen LogP contribution in [0.2, 0.25) is 0 Å². The molecule has 1 spiro atoms. The van der Waals surface area contributed by atoms with Crippen LogP contribution in [0.15, 0.2) is 18.2 Å². The van der Waals surface area contributed by atoms with Gasteiger partial charge >= 0.3 is 0 Å². The summed E-state index contributed by atoms with van der Waals surface area (Å²) in [4.78, 5) is 14.2. The summed E-state index contributed by atoms with van der Waals surface area (Å²) in [6, 6.07) is 4.27. The Morgan fingerprint density at radius 1 is 1.25 bits per heavy atom. The van der Waals surface area contributed by atoms with Crippen LogP contribution in [0.1, 0.15) is 28.8 Å². The van der Waals surface area contributed by atoms with Crippen molar-refractivity contribution in [2.24, 2.45) is 0 Å². The van der Waals surface area contributed by atoms with Gasteiger partial charge in [0.05, 0.1) is 13.2 Å². The Morgan fingerprint density at radius 3 is 2.50 bits per heavy atom. The van der Waals surface area contributed by atoms with Gasteiger partial charge in [0.1, 0.15) is 5.82 Å². The first kappa shape index (κ1) is 13.5. The minimum atomic E-state index is -0.478. The zero-order chi connectivity index (χ0) is 14.2. The maximum atomic E-state index is 13.1. The number of halogens is 1. The molecule has 0 aliphatic carbocycles. The second kappa shape index (κ2) is 5.14. The van der Waals surface area contributed by atoms with Crippen LogP contribution < -0.4 is 0 Å². The van der Waals surface area contributed by atoms with E-state index in [1.165, 1.54) is 12.1 Å². The number of hydrogen-bond donors (Lipinski definition) is 0. The lowest BCUT2D eigenvalue weighted by atomic mass is 10.0. The zero-order valence-corrected chi connectivity index (χ0v) is 11.5. The number of ether oxygens (including phenoxy) is 2. The molecule has 108 valence electrons. The van der Waals surface area contributed by atoms with E-state index in [0.29, 0.717) is 50.3 Å². The van der Waals surface area contributed by atoms with Crippen LogP contribution in [0.25, 0.3) is 0 Å². The third-order valence-corrected chi connectivity index (χ3v) is 4.04. The van der Waals surface area contributed by atoms with Gasteiger partial charge in [0.15, 0.2) is 5.79 Å². The highest BCUT2D eigenvalue weighted by atomic mass is 19.1. The SMILES string of the molecule is Cc1cc(F)ccc1C(=O)N1CCC2(CC1)OCCO2. The first-order valence-electron chi connectivity index (χ1n) is 6.93. The summed E-state index contributed by atoms with van der Waals surface area (Å²) >= 11 is 0. The first-order chi connectivity index (χ1) is 9.60. The Bertz CT molecular complexity index is 516. The van der Waals surface area contributed by atoms with Crippen molar-refractivity contribution in [1.29, 1.82) is 0 Å². The van der Waals surface area contributed by atoms with Crippen LogP contribution >= 0.6 is 0 Å². The summed E-state index contributed by atoms with van der Waals surface area (Å²) < 4.78 is 24.4. The lowest BCUT2D eigenvalue weighted by Gasteiger charge is -2.37. The molecule has 2 heterocycles. The van der Waals surface area contributed by atoms with Gasteiger partial charge in [0, 0.05) is 31.5 Å². The molecule has 0 unspecified atom stereocenters. The minimum absolute atomic E-state index is 0.0460. The fraction of sp³-hybridized carbons (Fsp3) is 0.533. The number of aryl methyl sites for hydroxylation is 1. The molecule has 2 fully saturated rings. The van der Waals surface area contributed by atoms with Crippen molar-refractivity contribution in [2.75, 3.05) is 26.3 Å². The van der Waals surface area contributed by atoms with E-state index in [-0.39, 0.29) is 11.7 Å². The highest BCUT2D eigenvalue weighted by molar-refractivity contribution is 5.95. The Hall–Kier alpha value is -1.46. The predicted molar refractivity (Wildman–Crippen MR) is 70.9 cm³/mol. The number of carbonyl (C=O) groups excluding carboxylic acids is 1. The maximum Gasteiger partial charge on any atom is 0.254 e. The van der Waals surface area contributed by atoms with Gasteiger partial charge < -0.3 is 14.4 Å². The topological polar surface area (TPSA) is 38.8 Å². The molecule has 1 aromatic carbocycles. The van der Waals surface area contributed by atoms with Crippen LogP contribution in [-0.2, 0) is 9.47 Å². The Morgan fingerprint density at radius 2 is 1.90 bits per heavy atom. The van der Waals surface area contributed by atoms with Crippen molar-refractivity contribution in [3.05, 3.63) is 35.1 Å². The van der Waals surface area contributed by atoms with Crippen molar-refractivity contribution < 1.29 is 18.7 Å². The fourth-order valence-electron chi connectivity index (χ4n) is 2.87. The summed E-state index contributed by atoms with van der Waals surface area (Å²) in [5, 5.41) is 0. The van der Waals surface area contributed by atoms with Crippen LogP contribution in [0.5, 0.6) is 0 Å². The van der Waals surface area contributed by atoms with Gasteiger partial charge in [0.25, 0.3) is 5.91 Å². The molecule has 0 aromatic heterocycles. The molecule has 0 saturated carbocycles. The van der Waals surface area contributed by atoms with Crippen LogP contribution in [0, 0.1) is 12.7 Å². The van der Waals surface area contributed by atoms with Gasteiger partial charge in [0.2, 0.25) is 0 Å². The van der Waals surface area contributed by atoms with E-state index in [2.05, 4.69) is 0 Å². The number of likely N-dealkylation sites (tertiary alicyclic amines) is 1. The van der Waals surface area contributed by atoms with Crippen molar-refractivity contribution >= 4 is 5.91 Å². The third kappa shape index (κ3) is 2.43. The van der Waals surface area contributed by atoms with Gasteiger partial charge in [-0.1, -0.05) is 0 Å². The standard InChI is InChI=1S/C15H18FNO3/c1-11-10-12(16)2-3-13(11)14(18)17-6-4-15(5-7-17)19-8-9-20-15/h2-3,10H,4-9H2,1H3. The number of nitrogens with zero attached hydrogens (tertiary/aromatic N) is 1. The lowest BCUT2D eigenvalue weighted by molar-refractivity contribution is -0.181. The summed E-state index contributed by atoms with van der Waals surface area (Å²) in [5.41, 5.74) is 1.24. The Labute approximate surface area is 117 Å². The summed E-state index contributed by atoms with van der Waals surface area (Å²) in [6.07, 6.45) is 1.39. The predicted octanol–water partition coefficient (Wildman–Crippen LogP) is 2.11. The molecule has 0 radical (unpaired) electrons. The molecule has 2 aliphatic rings. The van der Waals surface area contributed by atoms with E-state index in [1.54, 1.807) is 17.9 Å². The van der Waals surface area contributed by atoms with Gasteiger partial charge in [-0.2, -0.15) is 0 Å². The number of rotatable bonds is 1. The molecule has 1 aromatic rings. The van der Waals surface area contributed by atoms with Gasteiger partial charge in [-0.25, -0.2) is 4.39 Å². The van der Waals surface area contributed by atoms with E-state index in [9.17, 15) is 9.18 Å². The smallest absolute Gasteiger partial charge is 0.254 e. The summed E-state index contributed by atoms with van der Waals surface area (Å²) in [7, 11) is 0. The largest absolute Gasteiger partial charge is 0.347 e. The molecule has 4 nitrogen and oxygen atoms in total. The van der Waals surface area contributed by atoms with E-state index >= 15 is 0 Å². The van der Waals surface area contributed by atoms with Crippen molar-refractivity contribution in [1.82, 2.24) is 4.90 Å². The van der Waals surface area contributed by atoms with E-state index in [0.717, 1.165) is 0 Å². The molecule has 5 heteroatoms. The monoisotopic (exact) mass is 279 g/mol. The minimum Gasteiger partial charge on any atom is -0.347 e. The second-order valence-electron chi connectivity index (χ2n) is 5.36. The van der Waals surface area contributed by atoms with E-state index < -0.39 is 5.79 Å². The highest BCUT2D eigenvalue weighted by Crippen LogP contribution is 2.31. The van der Waals surface area contributed by atoms with Crippen LogP contribution in [-0.4, -0.2) is 42.9 Å². The summed E-state index contributed by atoms with van der Waals surface area (Å²) in [6.45, 7) is 4.23. The molecular weight excluding hydrogens is 261 g/mol. The van der Waals surface area contributed by atoms with Crippen LogP contribution in [0.4, 0.5) is 4.39 Å². The molecule has 0 bridgehead atoms. The average molecular weight is 279 g/mol. The number of amides is 1. The normalized spacial score (nSPS) is 21.4. The molecule has 1 amide bonds. The van der Waals surface area contributed by atoms with Crippen molar-refractivity contribution in [3.63, 3.8) is 0 Å². The van der Waals surface area contributed by atoms with Gasteiger partial charge in [-0.3, -0.25) is 4.79 Å². The molecular formula is C15H18FNO3. The maximum absolute atomic E-state index is 13.1. The Kier molecular flexibility index (Phi) is 3.48. The fourth-order valence-corrected chi connectivity index (χ4v) is 2.87. The molecule has 3 rings (SSSR count). The average Bonchev–Trinajstić information content (AvgIpc) is 2.87. The van der Waals surface area contributed by atoms with E-state index in [1.807, 2.05) is 0 Å². The first-order valence-corrected chi connectivity index (χ1v) is 6.93. The zero-order valence-electron chi connectivity index (χ0n) is 11.5. The molecule has 20 heavy (non-hydrogen) atoms. The quantitative estimate of drug-likeness (QED) is 0.790. The van der Waals surface area contributed by atoms with Gasteiger partial charge in [-0.05, 0) is 30.7 Å². The highest BCUT2D eigenvalue weighted by Gasteiger charge is 2.40. The second-order valence-corrected chi connectivity index (χ2v) is 5.36. The van der Waals surface area contributed by atoms with Crippen LogP contribution in [0.3, 0.4) is 0 Å². The molecule has 0 N–H and O–H groups in total.